The molecule has 3 rings (SSSR count). The normalized spacial score (nSPS) is 50.6. The molecule has 3 fully saturated rings. The van der Waals surface area contributed by atoms with Gasteiger partial charge < -0.3 is 10.2 Å². The van der Waals surface area contributed by atoms with Gasteiger partial charge in [0.05, 0.1) is 12.2 Å². The largest absolute Gasteiger partial charge is 0.392 e. The number of aliphatic hydroxyl groups excluding tert-OH is 2. The van der Waals surface area contributed by atoms with Crippen LogP contribution < -0.4 is 0 Å². The summed E-state index contributed by atoms with van der Waals surface area (Å²) in [4.78, 5) is 12.5. The van der Waals surface area contributed by atoms with E-state index >= 15 is 0 Å². The van der Waals surface area contributed by atoms with Crippen LogP contribution in [0.4, 0.5) is 0 Å². The maximum absolute atomic E-state index is 12.5. The van der Waals surface area contributed by atoms with Crippen LogP contribution in [-0.2, 0) is 4.79 Å². The molecule has 0 bridgehead atoms. The van der Waals surface area contributed by atoms with Crippen LogP contribution in [0.3, 0.4) is 0 Å². The number of hydrogen-bond donors (Lipinski definition) is 2. The maximum Gasteiger partial charge on any atom is 0.144 e. The van der Waals surface area contributed by atoms with Crippen molar-refractivity contribution in [2.75, 3.05) is 0 Å². The van der Waals surface area contributed by atoms with Gasteiger partial charge in [0.15, 0.2) is 0 Å². The molecule has 0 heterocycles. The molecule has 3 aliphatic carbocycles. The summed E-state index contributed by atoms with van der Waals surface area (Å²) >= 11 is 0. The van der Waals surface area contributed by atoms with Crippen LogP contribution in [0.15, 0.2) is 0 Å². The highest BCUT2D eigenvalue weighted by Crippen LogP contribution is 2.48. The van der Waals surface area contributed by atoms with Crippen molar-refractivity contribution in [2.24, 2.45) is 23.7 Å². The molecule has 3 heteroatoms. The van der Waals surface area contributed by atoms with Gasteiger partial charge in [-0.3, -0.25) is 4.79 Å². The Kier molecular flexibility index (Phi) is 2.99. The first-order valence-electron chi connectivity index (χ1n) is 7.08. The van der Waals surface area contributed by atoms with Gasteiger partial charge in [-0.1, -0.05) is 12.8 Å². The summed E-state index contributed by atoms with van der Waals surface area (Å²) in [6.45, 7) is 0. The molecule has 3 nitrogen and oxygen atoms in total. The molecule has 3 aliphatic rings. The van der Waals surface area contributed by atoms with E-state index in [1.165, 1.54) is 0 Å². The lowest BCUT2D eigenvalue weighted by Gasteiger charge is -2.47. The Hall–Kier alpha value is -0.410. The first kappa shape index (κ1) is 11.7. The zero-order valence-corrected chi connectivity index (χ0v) is 10.2. The fourth-order valence-corrected chi connectivity index (χ4v) is 4.51. The van der Waals surface area contributed by atoms with Gasteiger partial charge in [-0.05, 0) is 43.9 Å². The summed E-state index contributed by atoms with van der Waals surface area (Å²) in [6.07, 6.45) is 5.97. The highest BCUT2D eigenvalue weighted by atomic mass is 16.3. The number of rotatable bonds is 0. The number of carbonyl (C=O) groups is 1. The smallest absolute Gasteiger partial charge is 0.144 e. The molecule has 0 aromatic carbocycles. The van der Waals surface area contributed by atoms with Gasteiger partial charge in [0, 0.05) is 11.8 Å². The molecule has 6 atom stereocenters. The second kappa shape index (κ2) is 4.36. The Labute approximate surface area is 102 Å². The maximum atomic E-state index is 12.5. The van der Waals surface area contributed by atoms with E-state index in [2.05, 4.69) is 0 Å². The monoisotopic (exact) mass is 238 g/mol. The van der Waals surface area contributed by atoms with Gasteiger partial charge in [-0.2, -0.15) is 0 Å². The van der Waals surface area contributed by atoms with Gasteiger partial charge >= 0.3 is 0 Å². The molecule has 96 valence electrons. The van der Waals surface area contributed by atoms with E-state index in [1.807, 2.05) is 0 Å². The Bertz CT molecular complexity index is 287. The number of Topliss-reactive ketones (excluding diaryl/α,β-unsaturated/α-hetero) is 1. The lowest BCUT2D eigenvalue weighted by molar-refractivity contribution is -0.151. The van der Waals surface area contributed by atoms with E-state index in [-0.39, 0.29) is 17.6 Å². The molecule has 0 saturated heterocycles. The average Bonchev–Trinajstić information content (AvgIpc) is 2.28. The molecule has 0 aliphatic heterocycles. The third-order valence-electron chi connectivity index (χ3n) is 5.26. The van der Waals surface area contributed by atoms with Crippen LogP contribution >= 0.6 is 0 Å². The van der Waals surface area contributed by atoms with Crippen molar-refractivity contribution in [1.29, 1.82) is 0 Å². The Morgan fingerprint density at radius 2 is 1.29 bits per heavy atom. The van der Waals surface area contributed by atoms with Crippen molar-refractivity contribution in [3.8, 4) is 0 Å². The van der Waals surface area contributed by atoms with Gasteiger partial charge in [-0.25, -0.2) is 0 Å². The standard InChI is InChI=1S/C14H22O3/c15-10-5-1-3-8-7-9-4-2-6-11(16)13(9)14(17)12(8)10/h8-13,15-16H,1-7H2. The summed E-state index contributed by atoms with van der Waals surface area (Å²) in [5, 5.41) is 20.1. The SMILES string of the molecule is O=C1C2C(O)CCCC2CC2CCCC(O)C12. The van der Waals surface area contributed by atoms with E-state index in [9.17, 15) is 15.0 Å². The fourth-order valence-electron chi connectivity index (χ4n) is 4.51. The fraction of sp³-hybridized carbons (Fsp3) is 0.929. The lowest BCUT2D eigenvalue weighted by Crippen LogP contribution is -2.52. The number of carbonyl (C=O) groups excluding carboxylic acids is 1. The van der Waals surface area contributed by atoms with Crippen molar-refractivity contribution in [2.45, 2.75) is 57.2 Å². The van der Waals surface area contributed by atoms with Crippen LogP contribution in [0.1, 0.15) is 44.9 Å². The minimum atomic E-state index is -0.448. The molecule has 0 aromatic rings. The van der Waals surface area contributed by atoms with Gasteiger partial charge in [0.1, 0.15) is 5.78 Å². The minimum absolute atomic E-state index is 0.169. The molecule has 0 radical (unpaired) electrons. The molecule has 6 unspecified atom stereocenters. The highest BCUT2D eigenvalue weighted by molar-refractivity contribution is 5.86. The van der Waals surface area contributed by atoms with Crippen LogP contribution in [0.25, 0.3) is 0 Å². The average molecular weight is 238 g/mol. The molecule has 0 amide bonds. The second-order valence-corrected chi connectivity index (χ2v) is 6.21. The van der Waals surface area contributed by atoms with Crippen molar-refractivity contribution in [3.63, 3.8) is 0 Å². The van der Waals surface area contributed by atoms with Crippen LogP contribution in [0, 0.1) is 23.7 Å². The van der Waals surface area contributed by atoms with Gasteiger partial charge in [-0.15, -0.1) is 0 Å². The number of hydrogen-bond acceptors (Lipinski definition) is 3. The summed E-state index contributed by atoms with van der Waals surface area (Å²) in [7, 11) is 0. The molecule has 3 saturated carbocycles. The quantitative estimate of drug-likeness (QED) is 0.672. The first-order valence-corrected chi connectivity index (χ1v) is 7.08. The van der Waals surface area contributed by atoms with Crippen molar-refractivity contribution in [3.05, 3.63) is 0 Å². The molecule has 17 heavy (non-hydrogen) atoms. The predicted octanol–water partition coefficient (Wildman–Crippen LogP) is 1.51. The molecule has 0 aromatic heterocycles. The summed E-state index contributed by atoms with van der Waals surface area (Å²) < 4.78 is 0. The Morgan fingerprint density at radius 1 is 0.824 bits per heavy atom. The molecular weight excluding hydrogens is 216 g/mol. The van der Waals surface area contributed by atoms with E-state index in [4.69, 9.17) is 0 Å². The Morgan fingerprint density at radius 3 is 1.76 bits per heavy atom. The van der Waals surface area contributed by atoms with Crippen LogP contribution in [-0.4, -0.2) is 28.2 Å². The molecular formula is C14H22O3. The van der Waals surface area contributed by atoms with Crippen molar-refractivity contribution < 1.29 is 15.0 Å². The third-order valence-corrected chi connectivity index (χ3v) is 5.26. The summed E-state index contributed by atoms with van der Waals surface area (Å²) in [5.74, 6) is 0.608. The third kappa shape index (κ3) is 1.84. The topological polar surface area (TPSA) is 57.5 Å². The zero-order valence-electron chi connectivity index (χ0n) is 10.2. The molecule has 0 spiro atoms. The van der Waals surface area contributed by atoms with E-state index < -0.39 is 12.2 Å². The van der Waals surface area contributed by atoms with Gasteiger partial charge in [0.2, 0.25) is 0 Å². The van der Waals surface area contributed by atoms with Gasteiger partial charge in [0.25, 0.3) is 0 Å². The number of ketones is 1. The van der Waals surface area contributed by atoms with Crippen molar-refractivity contribution >= 4 is 5.78 Å². The summed E-state index contributed by atoms with van der Waals surface area (Å²) in [6, 6.07) is 0. The van der Waals surface area contributed by atoms with Crippen molar-refractivity contribution in [1.82, 2.24) is 0 Å². The van der Waals surface area contributed by atoms with Crippen LogP contribution in [0.5, 0.6) is 0 Å². The van der Waals surface area contributed by atoms with E-state index in [1.54, 1.807) is 0 Å². The highest BCUT2D eigenvalue weighted by Gasteiger charge is 2.50. The van der Waals surface area contributed by atoms with Crippen LogP contribution in [0.2, 0.25) is 0 Å². The second-order valence-electron chi connectivity index (χ2n) is 6.21. The summed E-state index contributed by atoms with van der Waals surface area (Å²) in [5.41, 5.74) is 0. The molecule has 2 N–H and O–H groups in total. The number of aliphatic hydroxyl groups is 2. The number of fused-ring (bicyclic) bond motifs is 2. The van der Waals surface area contributed by atoms with E-state index in [0.717, 1.165) is 44.9 Å². The lowest BCUT2D eigenvalue weighted by atomic mass is 9.58. The minimum Gasteiger partial charge on any atom is -0.392 e. The Balaban J connectivity index is 1.85. The zero-order chi connectivity index (χ0) is 12.0. The first-order chi connectivity index (χ1) is 8.18. The van der Waals surface area contributed by atoms with E-state index in [0.29, 0.717) is 11.8 Å². The predicted molar refractivity (Wildman–Crippen MR) is 63.3 cm³/mol.